The maximum absolute atomic E-state index is 11.6. The molecule has 1 aromatic rings. The Balaban J connectivity index is 1.63. The van der Waals surface area contributed by atoms with Crippen LogP contribution in [0.2, 0.25) is 0 Å². The van der Waals surface area contributed by atoms with Gasteiger partial charge in [-0.25, -0.2) is 0 Å². The number of halogens is 1. The number of amides is 1. The van der Waals surface area contributed by atoms with Crippen molar-refractivity contribution in [3.63, 3.8) is 0 Å². The summed E-state index contributed by atoms with van der Waals surface area (Å²) in [6.07, 6.45) is 3.02. The van der Waals surface area contributed by atoms with Gasteiger partial charge in [-0.3, -0.25) is 4.79 Å². The van der Waals surface area contributed by atoms with Crippen molar-refractivity contribution >= 4 is 21.8 Å². The molecule has 1 fully saturated rings. The second kappa shape index (κ2) is 6.17. The van der Waals surface area contributed by atoms with Crippen LogP contribution in [0.15, 0.2) is 28.7 Å². The number of hydrogen-bond donors (Lipinski definition) is 2. The zero-order chi connectivity index (χ0) is 12.1. The van der Waals surface area contributed by atoms with E-state index in [-0.39, 0.29) is 5.91 Å². The molecule has 1 aliphatic rings. The van der Waals surface area contributed by atoms with Crippen molar-refractivity contribution in [2.45, 2.75) is 25.3 Å². The van der Waals surface area contributed by atoms with Crippen LogP contribution in [0.1, 0.15) is 18.4 Å². The molecule has 4 heteroatoms. The first-order valence-corrected chi connectivity index (χ1v) is 6.78. The molecular formula is C13H17BrN2O. The Morgan fingerprint density at radius 2 is 1.94 bits per heavy atom. The van der Waals surface area contributed by atoms with Crippen molar-refractivity contribution in [2.75, 3.05) is 13.1 Å². The van der Waals surface area contributed by atoms with E-state index < -0.39 is 0 Å². The molecule has 0 aromatic heterocycles. The maximum Gasteiger partial charge on any atom is 0.224 e. The molecule has 17 heavy (non-hydrogen) atoms. The molecule has 0 unspecified atom stereocenters. The van der Waals surface area contributed by atoms with E-state index in [4.69, 9.17) is 0 Å². The van der Waals surface area contributed by atoms with E-state index in [9.17, 15) is 4.79 Å². The van der Waals surface area contributed by atoms with Gasteiger partial charge in [-0.1, -0.05) is 28.1 Å². The summed E-state index contributed by atoms with van der Waals surface area (Å²) in [7, 11) is 0. The fourth-order valence-electron chi connectivity index (χ4n) is 1.62. The Bertz CT molecular complexity index is 374. The van der Waals surface area contributed by atoms with Crippen molar-refractivity contribution < 1.29 is 4.79 Å². The number of benzene rings is 1. The molecule has 0 aliphatic heterocycles. The van der Waals surface area contributed by atoms with Crippen LogP contribution in [0.4, 0.5) is 0 Å². The van der Waals surface area contributed by atoms with E-state index in [0.717, 1.165) is 16.6 Å². The van der Waals surface area contributed by atoms with Crippen molar-refractivity contribution in [3.05, 3.63) is 34.3 Å². The molecule has 0 atom stereocenters. The van der Waals surface area contributed by atoms with Crippen LogP contribution in [0.25, 0.3) is 0 Å². The Labute approximate surface area is 110 Å². The molecule has 0 spiro atoms. The summed E-state index contributed by atoms with van der Waals surface area (Å²) in [5, 5.41) is 6.28. The first kappa shape index (κ1) is 12.6. The summed E-state index contributed by atoms with van der Waals surface area (Å²) < 4.78 is 1.04. The lowest BCUT2D eigenvalue weighted by molar-refractivity contribution is -0.120. The van der Waals surface area contributed by atoms with E-state index in [1.807, 2.05) is 24.3 Å². The monoisotopic (exact) mass is 296 g/mol. The topological polar surface area (TPSA) is 41.1 Å². The van der Waals surface area contributed by atoms with Gasteiger partial charge in [0.05, 0.1) is 6.42 Å². The van der Waals surface area contributed by atoms with Gasteiger partial charge in [0.2, 0.25) is 5.91 Å². The van der Waals surface area contributed by atoms with Gasteiger partial charge in [0.25, 0.3) is 0 Å². The molecule has 92 valence electrons. The molecule has 0 saturated heterocycles. The lowest BCUT2D eigenvalue weighted by Crippen LogP contribution is -2.33. The first-order chi connectivity index (χ1) is 8.24. The van der Waals surface area contributed by atoms with Gasteiger partial charge in [0.1, 0.15) is 0 Å². The van der Waals surface area contributed by atoms with Crippen LogP contribution < -0.4 is 10.6 Å². The summed E-state index contributed by atoms with van der Waals surface area (Å²) in [5.74, 6) is 0.0879. The highest BCUT2D eigenvalue weighted by Crippen LogP contribution is 2.17. The number of rotatable bonds is 6. The highest BCUT2D eigenvalue weighted by Gasteiger charge is 2.19. The summed E-state index contributed by atoms with van der Waals surface area (Å²) in [6, 6.07) is 8.55. The SMILES string of the molecule is O=C(Cc1ccc(Br)cc1)NCCNC1CC1. The summed E-state index contributed by atoms with van der Waals surface area (Å²) in [6.45, 7) is 1.59. The zero-order valence-corrected chi connectivity index (χ0v) is 11.3. The number of carbonyl (C=O) groups is 1. The average molecular weight is 297 g/mol. The predicted octanol–water partition coefficient (Wildman–Crippen LogP) is 1.86. The minimum atomic E-state index is 0.0879. The van der Waals surface area contributed by atoms with E-state index in [1.54, 1.807) is 0 Å². The fourth-order valence-corrected chi connectivity index (χ4v) is 1.88. The summed E-state index contributed by atoms with van der Waals surface area (Å²) in [4.78, 5) is 11.6. The van der Waals surface area contributed by atoms with Gasteiger partial charge in [-0.2, -0.15) is 0 Å². The molecule has 1 aromatic carbocycles. The van der Waals surface area contributed by atoms with Gasteiger partial charge in [0, 0.05) is 23.6 Å². The number of nitrogens with one attached hydrogen (secondary N) is 2. The van der Waals surface area contributed by atoms with Crippen molar-refractivity contribution in [1.29, 1.82) is 0 Å². The molecule has 1 amide bonds. The largest absolute Gasteiger partial charge is 0.355 e. The molecule has 0 bridgehead atoms. The van der Waals surface area contributed by atoms with E-state index in [0.29, 0.717) is 19.0 Å². The second-order valence-electron chi connectivity index (χ2n) is 4.38. The summed E-state index contributed by atoms with van der Waals surface area (Å²) in [5.41, 5.74) is 1.04. The maximum atomic E-state index is 11.6. The quantitative estimate of drug-likeness (QED) is 0.787. The standard InChI is InChI=1S/C13H17BrN2O/c14-11-3-1-10(2-4-11)9-13(17)16-8-7-15-12-5-6-12/h1-4,12,15H,5-9H2,(H,16,17). The van der Waals surface area contributed by atoms with E-state index >= 15 is 0 Å². The molecule has 0 radical (unpaired) electrons. The third-order valence-corrected chi connectivity index (χ3v) is 3.26. The van der Waals surface area contributed by atoms with Gasteiger partial charge in [-0.15, -0.1) is 0 Å². The van der Waals surface area contributed by atoms with Crippen molar-refractivity contribution in [2.24, 2.45) is 0 Å². The van der Waals surface area contributed by atoms with Gasteiger partial charge >= 0.3 is 0 Å². The molecule has 2 N–H and O–H groups in total. The van der Waals surface area contributed by atoms with E-state index in [2.05, 4.69) is 26.6 Å². The Morgan fingerprint density at radius 3 is 2.59 bits per heavy atom. The first-order valence-electron chi connectivity index (χ1n) is 5.98. The third-order valence-electron chi connectivity index (χ3n) is 2.74. The molecule has 1 aliphatic carbocycles. The number of carbonyl (C=O) groups excluding carboxylic acids is 1. The van der Waals surface area contributed by atoms with Crippen LogP contribution in [0.5, 0.6) is 0 Å². The third kappa shape index (κ3) is 4.88. The lowest BCUT2D eigenvalue weighted by atomic mass is 10.1. The minimum absolute atomic E-state index is 0.0879. The highest BCUT2D eigenvalue weighted by molar-refractivity contribution is 9.10. The van der Waals surface area contributed by atoms with Gasteiger partial charge in [-0.05, 0) is 30.5 Å². The van der Waals surface area contributed by atoms with Gasteiger partial charge in [0.15, 0.2) is 0 Å². The highest BCUT2D eigenvalue weighted by atomic mass is 79.9. The van der Waals surface area contributed by atoms with Crippen molar-refractivity contribution in [1.82, 2.24) is 10.6 Å². The molecule has 3 nitrogen and oxygen atoms in total. The Morgan fingerprint density at radius 1 is 1.24 bits per heavy atom. The van der Waals surface area contributed by atoms with E-state index in [1.165, 1.54) is 12.8 Å². The number of hydrogen-bond acceptors (Lipinski definition) is 2. The average Bonchev–Trinajstić information content (AvgIpc) is 3.12. The zero-order valence-electron chi connectivity index (χ0n) is 9.71. The van der Waals surface area contributed by atoms with Gasteiger partial charge < -0.3 is 10.6 Å². The molecule has 2 rings (SSSR count). The van der Waals surface area contributed by atoms with Crippen molar-refractivity contribution in [3.8, 4) is 0 Å². The fraction of sp³-hybridized carbons (Fsp3) is 0.462. The molecule has 1 saturated carbocycles. The minimum Gasteiger partial charge on any atom is -0.355 e. The predicted molar refractivity (Wildman–Crippen MR) is 71.9 cm³/mol. The smallest absolute Gasteiger partial charge is 0.224 e. The molecule has 0 heterocycles. The summed E-state index contributed by atoms with van der Waals surface area (Å²) >= 11 is 3.37. The van der Waals surface area contributed by atoms with Crippen LogP contribution in [0, 0.1) is 0 Å². The Hall–Kier alpha value is -0.870. The van der Waals surface area contributed by atoms with Crippen LogP contribution >= 0.6 is 15.9 Å². The lowest BCUT2D eigenvalue weighted by Gasteiger charge is -2.06. The molecular weight excluding hydrogens is 280 g/mol. The van der Waals surface area contributed by atoms with Crippen LogP contribution in [-0.2, 0) is 11.2 Å². The van der Waals surface area contributed by atoms with Crippen LogP contribution in [-0.4, -0.2) is 25.0 Å². The van der Waals surface area contributed by atoms with Crippen LogP contribution in [0.3, 0.4) is 0 Å². The Kier molecular flexibility index (Phi) is 4.57. The second-order valence-corrected chi connectivity index (χ2v) is 5.30. The normalized spacial score (nSPS) is 14.6.